The molecule has 0 unspecified atom stereocenters. The van der Waals surface area contributed by atoms with Gasteiger partial charge in [0.2, 0.25) is 0 Å². The molecule has 0 radical (unpaired) electrons. The monoisotopic (exact) mass is 305 g/mol. The summed E-state index contributed by atoms with van der Waals surface area (Å²) in [4.78, 5) is 23.7. The summed E-state index contributed by atoms with van der Waals surface area (Å²) in [5, 5.41) is 2.55. The van der Waals surface area contributed by atoms with Gasteiger partial charge in [-0.15, -0.1) is 0 Å². The Balaban J connectivity index is 2.00. The smallest absolute Gasteiger partial charge is 0.341 e. The molecule has 0 saturated carbocycles. The van der Waals surface area contributed by atoms with Crippen LogP contribution in [0, 0.1) is 11.6 Å². The molecular weight excluding hydrogens is 292 g/mol. The predicted octanol–water partition coefficient (Wildman–Crippen LogP) is 3.15. The molecule has 0 aliphatic rings. The van der Waals surface area contributed by atoms with E-state index in [0.717, 1.165) is 12.1 Å². The number of para-hydroxylation sites is 1. The molecule has 114 valence electrons. The number of anilines is 1. The van der Waals surface area contributed by atoms with Gasteiger partial charge in [0, 0.05) is 11.8 Å². The molecule has 2 rings (SSSR count). The summed E-state index contributed by atoms with van der Waals surface area (Å²) < 4.78 is 31.1. The molecule has 1 atom stereocenters. The Morgan fingerprint density at radius 2 is 1.77 bits per heavy atom. The number of nitrogens with one attached hydrogen (secondary N) is 1. The van der Waals surface area contributed by atoms with Crippen LogP contribution in [0.15, 0.2) is 48.5 Å². The first kappa shape index (κ1) is 15.6. The number of benzene rings is 2. The van der Waals surface area contributed by atoms with Gasteiger partial charge in [-0.25, -0.2) is 13.6 Å². The van der Waals surface area contributed by atoms with E-state index in [0.29, 0.717) is 11.8 Å². The Labute approximate surface area is 125 Å². The number of carbonyl (C=O) groups excluding carboxylic acids is 2. The van der Waals surface area contributed by atoms with Crippen molar-refractivity contribution in [2.75, 3.05) is 5.32 Å². The molecular formula is C16H13F2NO3. The molecule has 2 aromatic rings. The summed E-state index contributed by atoms with van der Waals surface area (Å²) in [5.74, 6) is -3.43. The van der Waals surface area contributed by atoms with Crippen LogP contribution in [0.1, 0.15) is 17.3 Å². The minimum absolute atomic E-state index is 0.430. The number of hydrogen-bond donors (Lipinski definition) is 1. The highest BCUT2D eigenvalue weighted by Gasteiger charge is 2.21. The highest BCUT2D eigenvalue weighted by Crippen LogP contribution is 2.13. The average molecular weight is 305 g/mol. The quantitative estimate of drug-likeness (QED) is 0.883. The predicted molar refractivity (Wildman–Crippen MR) is 76.3 cm³/mol. The second-order valence-electron chi connectivity index (χ2n) is 4.53. The van der Waals surface area contributed by atoms with Gasteiger partial charge in [-0.2, -0.15) is 0 Å². The van der Waals surface area contributed by atoms with E-state index in [9.17, 15) is 18.4 Å². The maximum absolute atomic E-state index is 13.5. The number of amides is 1. The lowest BCUT2D eigenvalue weighted by molar-refractivity contribution is -0.123. The minimum Gasteiger partial charge on any atom is -0.449 e. The molecule has 2 aromatic carbocycles. The number of hydrogen-bond acceptors (Lipinski definition) is 3. The summed E-state index contributed by atoms with van der Waals surface area (Å²) in [7, 11) is 0. The Morgan fingerprint density at radius 1 is 1.09 bits per heavy atom. The van der Waals surface area contributed by atoms with E-state index in [-0.39, 0.29) is 0 Å². The minimum atomic E-state index is -1.13. The van der Waals surface area contributed by atoms with Crippen molar-refractivity contribution >= 4 is 17.6 Å². The largest absolute Gasteiger partial charge is 0.449 e. The number of esters is 1. The summed E-state index contributed by atoms with van der Waals surface area (Å²) in [6, 6.07) is 11.1. The van der Waals surface area contributed by atoms with Crippen LogP contribution in [0.3, 0.4) is 0 Å². The maximum Gasteiger partial charge on any atom is 0.341 e. The first-order valence-electron chi connectivity index (χ1n) is 6.49. The molecule has 4 nitrogen and oxygen atoms in total. The van der Waals surface area contributed by atoms with E-state index in [1.807, 2.05) is 0 Å². The second kappa shape index (κ2) is 6.80. The maximum atomic E-state index is 13.5. The molecule has 0 fully saturated rings. The summed E-state index contributed by atoms with van der Waals surface area (Å²) in [6.07, 6.45) is -1.13. The lowest BCUT2D eigenvalue weighted by Gasteiger charge is -2.13. The number of carbonyl (C=O) groups is 2. The molecule has 0 bridgehead atoms. The van der Waals surface area contributed by atoms with Crippen molar-refractivity contribution in [3.63, 3.8) is 0 Å². The van der Waals surface area contributed by atoms with Crippen LogP contribution < -0.4 is 5.32 Å². The third kappa shape index (κ3) is 3.88. The van der Waals surface area contributed by atoms with Gasteiger partial charge in [0.05, 0.1) is 5.56 Å². The lowest BCUT2D eigenvalue weighted by atomic mass is 10.2. The third-order valence-electron chi connectivity index (χ3n) is 2.85. The molecule has 0 aliphatic heterocycles. The van der Waals surface area contributed by atoms with E-state index in [1.165, 1.54) is 6.92 Å². The number of halogens is 2. The van der Waals surface area contributed by atoms with Crippen molar-refractivity contribution in [1.29, 1.82) is 0 Å². The van der Waals surface area contributed by atoms with E-state index < -0.39 is 35.2 Å². The van der Waals surface area contributed by atoms with Gasteiger partial charge in [0.1, 0.15) is 11.6 Å². The second-order valence-corrected chi connectivity index (χ2v) is 4.53. The Hall–Kier alpha value is -2.76. The summed E-state index contributed by atoms with van der Waals surface area (Å²) in [6.45, 7) is 1.36. The first-order valence-corrected chi connectivity index (χ1v) is 6.49. The summed E-state index contributed by atoms with van der Waals surface area (Å²) in [5.41, 5.74) is 0.115. The molecule has 1 N–H and O–H groups in total. The van der Waals surface area contributed by atoms with Crippen molar-refractivity contribution in [2.24, 2.45) is 0 Å². The molecule has 0 aromatic heterocycles. The Kier molecular flexibility index (Phi) is 4.83. The zero-order chi connectivity index (χ0) is 16.1. The average Bonchev–Trinajstić information content (AvgIpc) is 2.47. The molecule has 0 aliphatic carbocycles. The SMILES string of the molecule is C[C@@H](OC(=O)c1ccc(F)cc1F)C(=O)Nc1ccccc1. The van der Waals surface area contributed by atoms with Gasteiger partial charge in [0.15, 0.2) is 6.10 Å². The van der Waals surface area contributed by atoms with Crippen LogP contribution in [0.5, 0.6) is 0 Å². The van der Waals surface area contributed by atoms with Crippen LogP contribution in [-0.2, 0) is 9.53 Å². The molecule has 1 amide bonds. The lowest BCUT2D eigenvalue weighted by Crippen LogP contribution is -2.30. The molecule has 0 saturated heterocycles. The van der Waals surface area contributed by atoms with Crippen LogP contribution in [0.4, 0.5) is 14.5 Å². The summed E-state index contributed by atoms with van der Waals surface area (Å²) >= 11 is 0. The molecule has 0 heterocycles. The van der Waals surface area contributed by atoms with Crippen molar-refractivity contribution in [1.82, 2.24) is 0 Å². The number of rotatable bonds is 4. The molecule has 6 heteroatoms. The normalized spacial score (nSPS) is 11.6. The van der Waals surface area contributed by atoms with E-state index in [4.69, 9.17) is 4.74 Å². The van der Waals surface area contributed by atoms with E-state index >= 15 is 0 Å². The topological polar surface area (TPSA) is 55.4 Å². The van der Waals surface area contributed by atoms with Crippen molar-refractivity contribution in [2.45, 2.75) is 13.0 Å². The van der Waals surface area contributed by atoms with Crippen LogP contribution in [-0.4, -0.2) is 18.0 Å². The van der Waals surface area contributed by atoms with Gasteiger partial charge in [-0.05, 0) is 31.2 Å². The zero-order valence-electron chi connectivity index (χ0n) is 11.7. The fourth-order valence-electron chi connectivity index (χ4n) is 1.70. The van der Waals surface area contributed by atoms with Crippen molar-refractivity contribution in [3.05, 3.63) is 65.7 Å². The van der Waals surface area contributed by atoms with Crippen LogP contribution >= 0.6 is 0 Å². The fraction of sp³-hybridized carbons (Fsp3) is 0.125. The van der Waals surface area contributed by atoms with Crippen LogP contribution in [0.25, 0.3) is 0 Å². The molecule has 0 spiro atoms. The third-order valence-corrected chi connectivity index (χ3v) is 2.85. The zero-order valence-corrected chi connectivity index (χ0v) is 11.7. The van der Waals surface area contributed by atoms with Gasteiger partial charge in [-0.3, -0.25) is 4.79 Å². The highest BCUT2D eigenvalue weighted by molar-refractivity contribution is 5.97. The van der Waals surface area contributed by atoms with Gasteiger partial charge >= 0.3 is 5.97 Å². The molecule has 22 heavy (non-hydrogen) atoms. The van der Waals surface area contributed by atoms with Crippen molar-refractivity contribution < 1.29 is 23.1 Å². The van der Waals surface area contributed by atoms with Gasteiger partial charge in [-0.1, -0.05) is 18.2 Å². The Morgan fingerprint density at radius 3 is 2.41 bits per heavy atom. The van der Waals surface area contributed by atoms with Crippen molar-refractivity contribution in [3.8, 4) is 0 Å². The van der Waals surface area contributed by atoms with Gasteiger partial charge in [0.25, 0.3) is 5.91 Å². The van der Waals surface area contributed by atoms with E-state index in [2.05, 4.69) is 5.32 Å². The van der Waals surface area contributed by atoms with Crippen LogP contribution in [0.2, 0.25) is 0 Å². The highest BCUT2D eigenvalue weighted by atomic mass is 19.1. The number of ether oxygens (including phenoxy) is 1. The first-order chi connectivity index (χ1) is 10.5. The fourth-order valence-corrected chi connectivity index (χ4v) is 1.70. The van der Waals surface area contributed by atoms with E-state index in [1.54, 1.807) is 30.3 Å². The van der Waals surface area contributed by atoms with Gasteiger partial charge < -0.3 is 10.1 Å². The Bertz CT molecular complexity index is 689. The standard InChI is InChI=1S/C16H13F2NO3/c1-10(15(20)19-12-5-3-2-4-6-12)22-16(21)13-8-7-11(17)9-14(13)18/h2-10H,1H3,(H,19,20)/t10-/m1/s1.